The quantitative estimate of drug-likeness (QED) is 0.537. The van der Waals surface area contributed by atoms with Crippen molar-refractivity contribution in [3.05, 3.63) is 65.5 Å². The molecule has 0 saturated heterocycles. The van der Waals surface area contributed by atoms with Gasteiger partial charge >= 0.3 is 0 Å². The van der Waals surface area contributed by atoms with Crippen LogP contribution in [0.3, 0.4) is 0 Å². The van der Waals surface area contributed by atoms with Gasteiger partial charge in [0.15, 0.2) is 5.82 Å². The summed E-state index contributed by atoms with van der Waals surface area (Å²) in [6.45, 7) is 1.80. The van der Waals surface area contributed by atoms with E-state index in [1.807, 2.05) is 0 Å². The largest absolute Gasteiger partial charge is 0.481 e. The van der Waals surface area contributed by atoms with Crippen LogP contribution >= 0.6 is 11.6 Å². The van der Waals surface area contributed by atoms with Gasteiger partial charge in [0.2, 0.25) is 5.88 Å². The Morgan fingerprint density at radius 1 is 1.10 bits per heavy atom. The van der Waals surface area contributed by atoms with Gasteiger partial charge in [0.05, 0.1) is 65.7 Å². The molecule has 11 heteroatoms. The van der Waals surface area contributed by atoms with Gasteiger partial charge in [-0.2, -0.15) is 15.3 Å². The molecule has 0 saturated carbocycles. The van der Waals surface area contributed by atoms with Crippen LogP contribution in [0.1, 0.15) is 16.1 Å². The van der Waals surface area contributed by atoms with E-state index in [2.05, 4.69) is 30.6 Å². The Kier molecular flexibility index (Phi) is 4.92. The van der Waals surface area contributed by atoms with Crippen LogP contribution < -0.4 is 10.1 Å². The van der Waals surface area contributed by atoms with Crippen LogP contribution in [0.15, 0.2) is 49.2 Å². The van der Waals surface area contributed by atoms with Gasteiger partial charge in [-0.15, -0.1) is 4.80 Å². The first-order valence-electron chi connectivity index (χ1n) is 8.45. The number of anilines is 1. The molecule has 10 nitrogen and oxygen atoms in total. The monoisotopic (exact) mass is 410 g/mol. The second-order valence-electron chi connectivity index (χ2n) is 5.92. The van der Waals surface area contributed by atoms with Crippen molar-refractivity contribution in [1.82, 2.24) is 34.7 Å². The maximum atomic E-state index is 12.7. The van der Waals surface area contributed by atoms with Gasteiger partial charge in [-0.05, 0) is 19.1 Å². The summed E-state index contributed by atoms with van der Waals surface area (Å²) < 4.78 is 6.68. The molecule has 1 N–H and O–H groups in total. The lowest BCUT2D eigenvalue weighted by Crippen LogP contribution is -2.14. The van der Waals surface area contributed by atoms with Gasteiger partial charge in [-0.3, -0.25) is 4.79 Å². The highest BCUT2D eigenvalue weighted by Gasteiger charge is 2.17. The average molecular weight is 411 g/mol. The van der Waals surface area contributed by atoms with Crippen LogP contribution in [-0.4, -0.2) is 47.8 Å². The number of carbonyl (C=O) groups excluding carboxylic acids is 1. The minimum absolute atomic E-state index is 0.302. The zero-order chi connectivity index (χ0) is 20.4. The van der Waals surface area contributed by atoms with Crippen molar-refractivity contribution >= 4 is 23.2 Å². The number of ether oxygens (including phenoxy) is 1. The number of nitrogens with zero attached hydrogens (tertiary/aromatic N) is 7. The highest BCUT2D eigenvalue weighted by Crippen LogP contribution is 2.22. The number of halogens is 1. The Balaban J connectivity index is 1.54. The molecule has 0 atom stereocenters. The number of methoxy groups -OCH3 is 1. The van der Waals surface area contributed by atoms with Gasteiger partial charge in [0, 0.05) is 6.07 Å². The molecule has 4 aromatic rings. The van der Waals surface area contributed by atoms with Crippen molar-refractivity contribution in [2.24, 2.45) is 0 Å². The summed E-state index contributed by atoms with van der Waals surface area (Å²) in [7, 11) is 1.54. The molecule has 0 unspecified atom stereocenters. The molecule has 0 radical (unpaired) electrons. The van der Waals surface area contributed by atoms with E-state index in [0.29, 0.717) is 39.4 Å². The van der Waals surface area contributed by atoms with Gasteiger partial charge in [0.1, 0.15) is 0 Å². The number of hydrogen-bond acceptors (Lipinski definition) is 7. The fourth-order valence-electron chi connectivity index (χ4n) is 2.68. The zero-order valence-electron chi connectivity index (χ0n) is 15.4. The Labute approximate surface area is 170 Å². The van der Waals surface area contributed by atoms with Crippen molar-refractivity contribution in [3.8, 4) is 17.4 Å². The van der Waals surface area contributed by atoms with E-state index in [0.717, 1.165) is 0 Å². The fourth-order valence-corrected chi connectivity index (χ4v) is 2.92. The van der Waals surface area contributed by atoms with Crippen molar-refractivity contribution in [2.45, 2.75) is 6.92 Å². The van der Waals surface area contributed by atoms with Crippen LogP contribution in [0, 0.1) is 6.92 Å². The fraction of sp³-hybridized carbons (Fsp3) is 0.111. The summed E-state index contributed by atoms with van der Waals surface area (Å²) in [5, 5.41) is 15.3. The second-order valence-corrected chi connectivity index (χ2v) is 6.32. The molecule has 0 bridgehead atoms. The molecule has 146 valence electrons. The van der Waals surface area contributed by atoms with Crippen LogP contribution in [0.4, 0.5) is 5.69 Å². The molecule has 0 aliphatic carbocycles. The lowest BCUT2D eigenvalue weighted by atomic mass is 10.2. The highest BCUT2D eigenvalue weighted by molar-refractivity contribution is 6.32. The van der Waals surface area contributed by atoms with Crippen molar-refractivity contribution in [3.63, 3.8) is 0 Å². The Morgan fingerprint density at radius 3 is 2.55 bits per heavy atom. The second kappa shape index (κ2) is 7.68. The highest BCUT2D eigenvalue weighted by atomic mass is 35.5. The molecule has 0 fully saturated rings. The number of pyridine rings is 2. The third-order valence-corrected chi connectivity index (χ3v) is 4.39. The van der Waals surface area contributed by atoms with Crippen molar-refractivity contribution in [2.75, 3.05) is 12.4 Å². The molecule has 0 aromatic carbocycles. The predicted octanol–water partition coefficient (Wildman–Crippen LogP) is 2.47. The molecular weight excluding hydrogens is 396 g/mol. The Morgan fingerprint density at radius 2 is 1.90 bits per heavy atom. The lowest BCUT2D eigenvalue weighted by molar-refractivity contribution is 0.102. The Bertz CT molecular complexity index is 1160. The minimum atomic E-state index is -0.335. The molecule has 4 heterocycles. The van der Waals surface area contributed by atoms with Gasteiger partial charge in [0.25, 0.3) is 5.91 Å². The summed E-state index contributed by atoms with van der Waals surface area (Å²) in [4.78, 5) is 22.4. The van der Waals surface area contributed by atoms with E-state index in [-0.39, 0.29) is 5.91 Å². The number of nitrogens with one attached hydrogen (secondary N) is 1. The zero-order valence-corrected chi connectivity index (χ0v) is 16.2. The molecular formula is C18H15ClN8O2. The lowest BCUT2D eigenvalue weighted by Gasteiger charge is -2.08. The molecule has 0 aliphatic rings. The van der Waals surface area contributed by atoms with Crippen molar-refractivity contribution in [1.29, 1.82) is 0 Å². The molecule has 29 heavy (non-hydrogen) atoms. The first-order valence-corrected chi connectivity index (χ1v) is 8.83. The normalized spacial score (nSPS) is 10.7. The van der Waals surface area contributed by atoms with Gasteiger partial charge < -0.3 is 10.1 Å². The molecule has 0 spiro atoms. The summed E-state index contributed by atoms with van der Waals surface area (Å²) in [5.74, 6) is 0.526. The number of rotatable bonds is 5. The van der Waals surface area contributed by atoms with E-state index < -0.39 is 0 Å². The first kappa shape index (κ1) is 18.6. The summed E-state index contributed by atoms with van der Waals surface area (Å²) >= 11 is 6.24. The summed E-state index contributed by atoms with van der Waals surface area (Å²) in [6, 6.07) is 5.11. The predicted molar refractivity (Wildman–Crippen MR) is 105 cm³/mol. The number of hydrogen-bond donors (Lipinski definition) is 1. The molecule has 4 aromatic heterocycles. The first-order chi connectivity index (χ1) is 14.1. The SMILES string of the molecule is COc1ccc(-n2ncc(C(=O)Nc3cnc(-n4nccn4)c(Cl)c3)c2C)cn1. The topological polar surface area (TPSA) is 113 Å². The Hall–Kier alpha value is -3.79. The van der Waals surface area contributed by atoms with E-state index in [1.54, 1.807) is 43.1 Å². The van der Waals surface area contributed by atoms with Crippen molar-refractivity contribution < 1.29 is 9.53 Å². The van der Waals surface area contributed by atoms with Crippen LogP contribution in [-0.2, 0) is 0 Å². The van der Waals surface area contributed by atoms with E-state index in [1.165, 1.54) is 29.6 Å². The molecule has 1 amide bonds. The van der Waals surface area contributed by atoms with Crippen LogP contribution in [0.5, 0.6) is 5.88 Å². The third kappa shape index (κ3) is 3.65. The van der Waals surface area contributed by atoms with Gasteiger partial charge in [-0.25, -0.2) is 14.6 Å². The van der Waals surface area contributed by atoms with Crippen LogP contribution in [0.2, 0.25) is 5.02 Å². The standard InChI is InChI=1S/C18H15ClN8O2/c1-11-14(10-24-26(11)13-3-4-16(29-2)20-9-13)18(28)25-12-7-15(19)17(21-8-12)27-22-5-6-23-27/h3-10H,1-2H3,(H,25,28). The van der Waals surface area contributed by atoms with E-state index >= 15 is 0 Å². The number of aromatic nitrogens is 7. The molecule has 4 rings (SSSR count). The van der Waals surface area contributed by atoms with Gasteiger partial charge in [-0.1, -0.05) is 11.6 Å². The van der Waals surface area contributed by atoms with E-state index in [9.17, 15) is 4.79 Å². The summed E-state index contributed by atoms with van der Waals surface area (Å²) in [6.07, 6.45) is 7.63. The van der Waals surface area contributed by atoms with Crippen LogP contribution in [0.25, 0.3) is 11.5 Å². The third-order valence-electron chi connectivity index (χ3n) is 4.12. The smallest absolute Gasteiger partial charge is 0.259 e. The average Bonchev–Trinajstić information content (AvgIpc) is 3.38. The maximum Gasteiger partial charge on any atom is 0.259 e. The molecule has 0 aliphatic heterocycles. The summed E-state index contributed by atoms with van der Waals surface area (Å²) in [5.41, 5.74) is 2.22. The number of carbonyl (C=O) groups is 1. The maximum absolute atomic E-state index is 12.7. The van der Waals surface area contributed by atoms with E-state index in [4.69, 9.17) is 16.3 Å². The number of amides is 1. The minimum Gasteiger partial charge on any atom is -0.481 e.